The normalized spacial score (nSPS) is 16.8. The Morgan fingerprint density at radius 1 is 1.18 bits per heavy atom. The van der Waals surface area contributed by atoms with E-state index in [1.807, 2.05) is 46.8 Å². The number of phenolic OH excluding ortho intramolecular Hbond substituents is 1. The van der Waals surface area contributed by atoms with Crippen molar-refractivity contribution in [3.8, 4) is 5.75 Å². The summed E-state index contributed by atoms with van der Waals surface area (Å²) < 4.78 is 25.9. The van der Waals surface area contributed by atoms with Gasteiger partial charge in [-0.2, -0.15) is 0 Å². The van der Waals surface area contributed by atoms with Crippen LogP contribution in [0, 0.1) is 6.92 Å². The molecule has 9 nitrogen and oxygen atoms in total. The lowest BCUT2D eigenvalue weighted by molar-refractivity contribution is 0.0822. The van der Waals surface area contributed by atoms with Crippen LogP contribution in [0.2, 0.25) is 0 Å². The molecule has 2 atom stereocenters. The summed E-state index contributed by atoms with van der Waals surface area (Å²) in [6.45, 7) is 9.77. The van der Waals surface area contributed by atoms with E-state index >= 15 is 0 Å². The lowest BCUT2D eigenvalue weighted by Gasteiger charge is -2.26. The molecule has 1 unspecified atom stereocenters. The van der Waals surface area contributed by atoms with Crippen molar-refractivity contribution in [2.24, 2.45) is 8.80 Å². The van der Waals surface area contributed by atoms with E-state index in [0.29, 0.717) is 12.0 Å². The molecule has 178 valence electrons. The second kappa shape index (κ2) is 9.38. The zero-order valence-electron chi connectivity index (χ0n) is 20.0. The van der Waals surface area contributed by atoms with Gasteiger partial charge in [-0.25, -0.2) is 4.21 Å². The fraction of sp³-hybridized carbons (Fsp3) is 0.435. The number of phenols is 1. The highest BCUT2D eigenvalue weighted by Gasteiger charge is 2.29. The number of benzene rings is 1. The largest absolute Gasteiger partial charge is 0.505 e. The van der Waals surface area contributed by atoms with Gasteiger partial charge >= 0.3 is 0 Å². The number of nitrogens with zero attached hydrogens (tertiary/aromatic N) is 3. The third-order valence-electron chi connectivity index (χ3n) is 5.25. The minimum absolute atomic E-state index is 0.199. The van der Waals surface area contributed by atoms with E-state index < -0.39 is 11.2 Å². The molecule has 0 radical (unpaired) electrons. The molecule has 3 N–H and O–H groups in total. The van der Waals surface area contributed by atoms with E-state index in [2.05, 4.69) is 19.4 Å². The van der Waals surface area contributed by atoms with Crippen molar-refractivity contribution in [1.29, 1.82) is 0 Å². The zero-order valence-corrected chi connectivity index (χ0v) is 20.8. The molecular formula is C23H31N5O4S. The molecule has 0 saturated carbocycles. The van der Waals surface area contributed by atoms with Crippen LogP contribution in [-0.4, -0.2) is 45.9 Å². The third-order valence-corrected chi connectivity index (χ3v) is 5.92. The van der Waals surface area contributed by atoms with Crippen LogP contribution in [0.25, 0.3) is 0 Å². The van der Waals surface area contributed by atoms with Crippen LogP contribution >= 0.6 is 0 Å². The topological polar surface area (TPSA) is 120 Å². The predicted octanol–water partition coefficient (Wildman–Crippen LogP) is 3.84. The summed E-state index contributed by atoms with van der Waals surface area (Å²) in [5, 5.41) is 17.3. The van der Waals surface area contributed by atoms with Gasteiger partial charge in [0.15, 0.2) is 17.4 Å². The second-order valence-corrected chi connectivity index (χ2v) is 9.95. The fourth-order valence-corrected chi connectivity index (χ4v) is 4.13. The first-order chi connectivity index (χ1) is 15.4. The number of hydrogen-bond donors (Lipinski definition) is 3. The van der Waals surface area contributed by atoms with Gasteiger partial charge in [-0.3, -0.25) is 4.79 Å². The van der Waals surface area contributed by atoms with Crippen molar-refractivity contribution in [2.75, 3.05) is 19.4 Å². The van der Waals surface area contributed by atoms with Gasteiger partial charge in [-0.1, -0.05) is 33.8 Å². The molecule has 0 fully saturated rings. The Morgan fingerprint density at radius 2 is 1.85 bits per heavy atom. The van der Waals surface area contributed by atoms with Gasteiger partial charge in [-0.15, -0.1) is 8.80 Å². The molecule has 2 aromatic rings. The lowest BCUT2D eigenvalue weighted by atomic mass is 9.82. The Hall–Kier alpha value is -3.14. The van der Waals surface area contributed by atoms with Crippen LogP contribution in [0.15, 0.2) is 37.5 Å². The zero-order chi connectivity index (χ0) is 24.5. The van der Waals surface area contributed by atoms with Gasteiger partial charge in [0.05, 0.1) is 17.3 Å². The van der Waals surface area contributed by atoms with Crippen molar-refractivity contribution < 1.29 is 18.5 Å². The van der Waals surface area contributed by atoms with E-state index in [1.165, 1.54) is 4.90 Å². The molecule has 3 rings (SSSR count). The second-order valence-electron chi connectivity index (χ2n) is 9.12. The van der Waals surface area contributed by atoms with Crippen LogP contribution in [0.3, 0.4) is 0 Å². The summed E-state index contributed by atoms with van der Waals surface area (Å²) in [5.74, 6) is 1.49. The molecule has 1 amide bonds. The van der Waals surface area contributed by atoms with E-state index in [1.54, 1.807) is 26.2 Å². The maximum Gasteiger partial charge on any atom is 0.269 e. The number of amidine groups is 2. The number of rotatable bonds is 5. The number of hydrogen-bond acceptors (Lipinski definition) is 6. The lowest BCUT2D eigenvalue weighted by Crippen LogP contribution is -2.36. The Labute approximate surface area is 196 Å². The molecule has 1 aromatic heterocycles. The van der Waals surface area contributed by atoms with Crippen molar-refractivity contribution in [1.82, 2.24) is 10.2 Å². The van der Waals surface area contributed by atoms with Gasteiger partial charge in [-0.05, 0) is 42.5 Å². The van der Waals surface area contributed by atoms with E-state index in [0.717, 1.165) is 11.5 Å². The monoisotopic (exact) mass is 473 g/mol. The van der Waals surface area contributed by atoms with Gasteiger partial charge in [0.25, 0.3) is 17.1 Å². The van der Waals surface area contributed by atoms with Crippen LogP contribution in [0.5, 0.6) is 5.75 Å². The minimum atomic E-state index is -1.81. The van der Waals surface area contributed by atoms with Crippen molar-refractivity contribution >= 4 is 34.4 Å². The number of carbonyl (C=O) groups excluding carboxylic acids is 1. The standard InChI is InChI=1S/C23H31N5O4S/c1-8-15(17-12-9-13(2)32-17)24-20-21(27-33(31)26-20)25-16-11-10-14(23(3,4)5)18(19(16)29)22(30)28(6)7/h9-12,15,29H,8H2,1-7H3,(H,24,26)(H,25,27)/t15-,33?/m1/s1. The van der Waals surface area contributed by atoms with Gasteiger partial charge in [0.1, 0.15) is 11.5 Å². The average Bonchev–Trinajstić information content (AvgIpc) is 3.30. The summed E-state index contributed by atoms with van der Waals surface area (Å²) in [4.78, 5) is 14.3. The summed E-state index contributed by atoms with van der Waals surface area (Å²) in [5.41, 5.74) is 0.823. The number of carbonyl (C=O) groups is 1. The fourth-order valence-electron chi connectivity index (χ4n) is 3.50. The number of anilines is 1. The van der Waals surface area contributed by atoms with E-state index in [9.17, 15) is 14.1 Å². The molecule has 0 aliphatic carbocycles. The first-order valence-corrected chi connectivity index (χ1v) is 11.8. The Bertz CT molecular complexity index is 1140. The van der Waals surface area contributed by atoms with Gasteiger partial charge in [0, 0.05) is 14.1 Å². The average molecular weight is 474 g/mol. The molecule has 10 heteroatoms. The first-order valence-electron chi connectivity index (χ1n) is 10.7. The smallest absolute Gasteiger partial charge is 0.269 e. The third kappa shape index (κ3) is 5.27. The van der Waals surface area contributed by atoms with Crippen LogP contribution < -0.4 is 10.6 Å². The van der Waals surface area contributed by atoms with Gasteiger partial charge in [0.2, 0.25) is 0 Å². The Balaban J connectivity index is 1.94. The highest BCUT2D eigenvalue weighted by Crippen LogP contribution is 2.37. The van der Waals surface area contributed by atoms with Crippen LogP contribution in [0.1, 0.15) is 67.6 Å². The SMILES string of the molecule is CC[C@@H](NC1=NS(=O)N=C1Nc1ccc(C(C)(C)C)c(C(=O)N(C)C)c1O)c1ccc(C)o1. The summed E-state index contributed by atoms with van der Waals surface area (Å²) in [6.07, 6.45) is 0.693. The highest BCUT2D eigenvalue weighted by atomic mass is 32.2. The van der Waals surface area contributed by atoms with Crippen LogP contribution in [0.4, 0.5) is 5.69 Å². The molecular weight excluding hydrogens is 442 g/mol. The molecule has 0 spiro atoms. The Morgan fingerprint density at radius 3 is 2.39 bits per heavy atom. The number of furan rings is 1. The van der Waals surface area contributed by atoms with Crippen LogP contribution in [-0.2, 0) is 16.6 Å². The number of nitrogens with one attached hydrogen (secondary N) is 2. The number of aromatic hydroxyl groups is 1. The summed E-state index contributed by atoms with van der Waals surface area (Å²) >= 11 is -1.81. The van der Waals surface area contributed by atoms with E-state index in [4.69, 9.17) is 4.42 Å². The molecule has 33 heavy (non-hydrogen) atoms. The van der Waals surface area contributed by atoms with Crippen molar-refractivity contribution in [2.45, 2.75) is 52.5 Å². The predicted molar refractivity (Wildman–Crippen MR) is 131 cm³/mol. The molecule has 2 heterocycles. The first kappa shape index (κ1) is 24.5. The van der Waals surface area contributed by atoms with Crippen molar-refractivity contribution in [3.63, 3.8) is 0 Å². The molecule has 0 saturated heterocycles. The highest BCUT2D eigenvalue weighted by molar-refractivity contribution is 7.83. The summed E-state index contributed by atoms with van der Waals surface area (Å²) in [6, 6.07) is 7.03. The van der Waals surface area contributed by atoms with Crippen molar-refractivity contribution in [3.05, 3.63) is 46.9 Å². The molecule has 1 aliphatic rings. The van der Waals surface area contributed by atoms with Gasteiger partial charge < -0.3 is 25.1 Å². The Kier molecular flexibility index (Phi) is 6.97. The number of aryl methyl sites for hydroxylation is 1. The molecule has 0 bridgehead atoms. The molecule has 1 aromatic carbocycles. The maximum atomic E-state index is 12.9. The quantitative estimate of drug-likeness (QED) is 0.568. The summed E-state index contributed by atoms with van der Waals surface area (Å²) in [7, 11) is 3.27. The minimum Gasteiger partial charge on any atom is -0.505 e. The maximum absolute atomic E-state index is 12.9. The number of amides is 1. The molecule has 1 aliphatic heterocycles. The van der Waals surface area contributed by atoms with E-state index in [-0.39, 0.29) is 46.0 Å².